The molecule has 0 aromatic carbocycles. The third-order valence-electron chi connectivity index (χ3n) is 3.39. The second-order valence-electron chi connectivity index (χ2n) is 4.76. The van der Waals surface area contributed by atoms with E-state index in [1.54, 1.807) is 0 Å². The van der Waals surface area contributed by atoms with Crippen molar-refractivity contribution < 1.29 is 5.11 Å². The van der Waals surface area contributed by atoms with E-state index < -0.39 is 0 Å². The first-order chi connectivity index (χ1) is 6.02. The molecule has 1 saturated heterocycles. The maximum absolute atomic E-state index is 9.59. The van der Waals surface area contributed by atoms with Crippen LogP contribution in [0.5, 0.6) is 0 Å². The van der Waals surface area contributed by atoms with Gasteiger partial charge < -0.3 is 5.11 Å². The predicted molar refractivity (Wildman–Crippen MR) is 55.7 cm³/mol. The first kappa shape index (κ1) is 11.0. The van der Waals surface area contributed by atoms with Crippen LogP contribution in [0.3, 0.4) is 0 Å². The summed E-state index contributed by atoms with van der Waals surface area (Å²) >= 11 is 0. The van der Waals surface area contributed by atoms with Gasteiger partial charge in [-0.3, -0.25) is 4.90 Å². The van der Waals surface area contributed by atoms with Crippen molar-refractivity contribution >= 4 is 0 Å². The summed E-state index contributed by atoms with van der Waals surface area (Å²) in [5.41, 5.74) is 0. The highest BCUT2D eigenvalue weighted by Crippen LogP contribution is 2.22. The van der Waals surface area contributed by atoms with Gasteiger partial charge in [-0.15, -0.1) is 0 Å². The second-order valence-corrected chi connectivity index (χ2v) is 4.76. The Labute approximate surface area is 81.9 Å². The first-order valence-electron chi connectivity index (χ1n) is 5.46. The Balaban J connectivity index is 2.54. The lowest BCUT2D eigenvalue weighted by molar-refractivity contribution is 0.00767. The van der Waals surface area contributed by atoms with Gasteiger partial charge in [-0.1, -0.05) is 13.8 Å². The summed E-state index contributed by atoms with van der Waals surface area (Å²) in [4.78, 5) is 2.44. The molecule has 3 atom stereocenters. The van der Waals surface area contributed by atoms with Gasteiger partial charge in [-0.25, -0.2) is 0 Å². The van der Waals surface area contributed by atoms with Crippen LogP contribution in [0.4, 0.5) is 0 Å². The van der Waals surface area contributed by atoms with Gasteiger partial charge >= 0.3 is 0 Å². The molecule has 1 aliphatic rings. The highest BCUT2D eigenvalue weighted by molar-refractivity contribution is 4.83. The molecule has 0 spiro atoms. The van der Waals surface area contributed by atoms with Crippen LogP contribution < -0.4 is 0 Å². The number of aliphatic hydroxyl groups is 1. The standard InChI is InChI=1S/C11H23NO/c1-8(2)10(4)12-7-11(13)6-5-9(12)3/h8-11,13H,5-7H2,1-4H3. The monoisotopic (exact) mass is 185 g/mol. The van der Waals surface area contributed by atoms with Crippen LogP contribution in [0.15, 0.2) is 0 Å². The molecule has 1 rings (SSSR count). The molecule has 0 amide bonds. The fourth-order valence-corrected chi connectivity index (χ4v) is 2.06. The number of β-amino-alcohol motifs (C(OH)–C–C–N with tert-alkyl or cyclic N) is 1. The van der Waals surface area contributed by atoms with Gasteiger partial charge in [0, 0.05) is 18.6 Å². The lowest BCUT2D eigenvalue weighted by Crippen LogP contribution is -2.50. The van der Waals surface area contributed by atoms with Gasteiger partial charge in [0.1, 0.15) is 0 Å². The average Bonchev–Trinajstić information content (AvgIpc) is 2.08. The number of likely N-dealkylation sites (tertiary alicyclic amines) is 1. The molecule has 1 fully saturated rings. The zero-order valence-electron chi connectivity index (χ0n) is 9.33. The molecule has 0 aliphatic carbocycles. The third-order valence-corrected chi connectivity index (χ3v) is 3.39. The molecular formula is C11H23NO. The summed E-state index contributed by atoms with van der Waals surface area (Å²) in [6.07, 6.45) is 2.01. The van der Waals surface area contributed by atoms with Crippen LogP contribution in [0.25, 0.3) is 0 Å². The third kappa shape index (κ3) is 2.68. The number of nitrogens with zero attached hydrogens (tertiary/aromatic N) is 1. The summed E-state index contributed by atoms with van der Waals surface area (Å²) in [5.74, 6) is 0.674. The molecule has 0 saturated carbocycles. The highest BCUT2D eigenvalue weighted by Gasteiger charge is 2.28. The van der Waals surface area contributed by atoms with Crippen LogP contribution in [0, 0.1) is 5.92 Å². The lowest BCUT2D eigenvalue weighted by Gasteiger charge is -2.41. The zero-order chi connectivity index (χ0) is 10.0. The van der Waals surface area contributed by atoms with Crippen molar-refractivity contribution in [3.05, 3.63) is 0 Å². The van der Waals surface area contributed by atoms with Gasteiger partial charge in [0.2, 0.25) is 0 Å². The van der Waals surface area contributed by atoms with Crippen molar-refractivity contribution in [3.8, 4) is 0 Å². The van der Waals surface area contributed by atoms with Crippen LogP contribution in [-0.2, 0) is 0 Å². The molecule has 2 nitrogen and oxygen atoms in total. The van der Waals surface area contributed by atoms with E-state index >= 15 is 0 Å². The average molecular weight is 185 g/mol. The van der Waals surface area contributed by atoms with Crippen molar-refractivity contribution in [2.24, 2.45) is 5.92 Å². The minimum absolute atomic E-state index is 0.0996. The molecule has 13 heavy (non-hydrogen) atoms. The second kappa shape index (κ2) is 4.43. The molecule has 1 aliphatic heterocycles. The maximum atomic E-state index is 9.59. The number of hydrogen-bond acceptors (Lipinski definition) is 2. The van der Waals surface area contributed by atoms with E-state index in [0.717, 1.165) is 19.4 Å². The number of rotatable bonds is 2. The van der Waals surface area contributed by atoms with E-state index in [2.05, 4.69) is 32.6 Å². The Morgan fingerprint density at radius 2 is 1.85 bits per heavy atom. The Hall–Kier alpha value is -0.0800. The quantitative estimate of drug-likeness (QED) is 0.710. The summed E-state index contributed by atoms with van der Waals surface area (Å²) in [5, 5.41) is 9.59. The van der Waals surface area contributed by atoms with E-state index in [1.165, 1.54) is 0 Å². The van der Waals surface area contributed by atoms with Crippen LogP contribution in [-0.4, -0.2) is 34.7 Å². The SMILES string of the molecule is CC(C)C(C)N1CC(O)CCC1C. The molecule has 78 valence electrons. The van der Waals surface area contributed by atoms with Crippen molar-refractivity contribution in [3.63, 3.8) is 0 Å². The van der Waals surface area contributed by atoms with Crippen LogP contribution in [0.1, 0.15) is 40.5 Å². The van der Waals surface area contributed by atoms with E-state index in [1.807, 2.05) is 0 Å². The Morgan fingerprint density at radius 3 is 2.38 bits per heavy atom. The smallest absolute Gasteiger partial charge is 0.0667 e. The number of hydrogen-bond donors (Lipinski definition) is 1. The van der Waals surface area contributed by atoms with E-state index in [4.69, 9.17) is 0 Å². The minimum Gasteiger partial charge on any atom is -0.392 e. The Morgan fingerprint density at radius 1 is 1.23 bits per heavy atom. The first-order valence-corrected chi connectivity index (χ1v) is 5.46. The molecule has 0 bridgehead atoms. The summed E-state index contributed by atoms with van der Waals surface area (Å²) in [7, 11) is 0. The van der Waals surface area contributed by atoms with Gasteiger partial charge in [0.25, 0.3) is 0 Å². The predicted octanol–water partition coefficient (Wildman–Crippen LogP) is 1.88. The van der Waals surface area contributed by atoms with E-state index in [-0.39, 0.29) is 6.10 Å². The molecule has 1 heterocycles. The molecule has 0 radical (unpaired) electrons. The summed E-state index contributed by atoms with van der Waals surface area (Å²) < 4.78 is 0. The van der Waals surface area contributed by atoms with Gasteiger partial charge in [-0.05, 0) is 32.6 Å². The molecular weight excluding hydrogens is 162 g/mol. The topological polar surface area (TPSA) is 23.5 Å². The molecule has 0 aromatic heterocycles. The zero-order valence-corrected chi connectivity index (χ0v) is 9.33. The van der Waals surface area contributed by atoms with Crippen LogP contribution in [0.2, 0.25) is 0 Å². The number of piperidine rings is 1. The molecule has 3 unspecified atom stereocenters. The van der Waals surface area contributed by atoms with Gasteiger partial charge in [-0.2, -0.15) is 0 Å². The van der Waals surface area contributed by atoms with Crippen molar-refractivity contribution in [2.45, 2.75) is 58.7 Å². The minimum atomic E-state index is -0.0996. The summed E-state index contributed by atoms with van der Waals surface area (Å²) in [6, 6.07) is 1.23. The van der Waals surface area contributed by atoms with Gasteiger partial charge in [0.15, 0.2) is 0 Å². The van der Waals surface area contributed by atoms with Gasteiger partial charge in [0.05, 0.1) is 6.10 Å². The van der Waals surface area contributed by atoms with Crippen molar-refractivity contribution in [1.29, 1.82) is 0 Å². The Bertz CT molecular complexity index is 158. The van der Waals surface area contributed by atoms with Crippen molar-refractivity contribution in [2.75, 3.05) is 6.54 Å². The molecule has 0 aromatic rings. The normalized spacial score (nSPS) is 33.7. The maximum Gasteiger partial charge on any atom is 0.0667 e. The molecule has 1 N–H and O–H groups in total. The summed E-state index contributed by atoms with van der Waals surface area (Å²) in [6.45, 7) is 9.89. The lowest BCUT2D eigenvalue weighted by atomic mass is 9.95. The fraction of sp³-hybridized carbons (Fsp3) is 1.00. The highest BCUT2D eigenvalue weighted by atomic mass is 16.3. The van der Waals surface area contributed by atoms with E-state index in [9.17, 15) is 5.11 Å². The fourth-order valence-electron chi connectivity index (χ4n) is 2.06. The van der Waals surface area contributed by atoms with Crippen molar-refractivity contribution in [1.82, 2.24) is 4.90 Å². The van der Waals surface area contributed by atoms with E-state index in [0.29, 0.717) is 18.0 Å². The molecule has 2 heteroatoms. The van der Waals surface area contributed by atoms with Crippen LogP contribution >= 0.6 is 0 Å². The largest absolute Gasteiger partial charge is 0.392 e. The Kier molecular flexibility index (Phi) is 3.74. The number of aliphatic hydroxyl groups excluding tert-OH is 1.